The summed E-state index contributed by atoms with van der Waals surface area (Å²) < 4.78 is 5.25. The SMILES string of the molecule is COc1ccc(Cl)c(NC2CN3CCC2CC3)c1. The third-order valence-corrected chi connectivity index (χ3v) is 4.50. The molecule has 3 fully saturated rings. The molecule has 3 saturated heterocycles. The lowest BCUT2D eigenvalue weighted by Crippen LogP contribution is -2.53. The van der Waals surface area contributed by atoms with Crippen LogP contribution in [0, 0.1) is 5.92 Å². The topological polar surface area (TPSA) is 24.5 Å². The predicted octanol–water partition coefficient (Wildman–Crippen LogP) is 2.85. The van der Waals surface area contributed by atoms with E-state index in [1.165, 1.54) is 25.9 Å². The second kappa shape index (κ2) is 4.98. The summed E-state index contributed by atoms with van der Waals surface area (Å²) >= 11 is 6.24. The van der Waals surface area contributed by atoms with Crippen LogP contribution >= 0.6 is 11.6 Å². The molecule has 1 aromatic carbocycles. The molecular formula is C14H19ClN2O. The number of anilines is 1. The van der Waals surface area contributed by atoms with E-state index in [-0.39, 0.29) is 0 Å². The molecular weight excluding hydrogens is 248 g/mol. The van der Waals surface area contributed by atoms with Crippen molar-refractivity contribution in [3.05, 3.63) is 23.2 Å². The van der Waals surface area contributed by atoms with E-state index in [9.17, 15) is 0 Å². The summed E-state index contributed by atoms with van der Waals surface area (Å²) in [5.74, 6) is 1.64. The highest BCUT2D eigenvalue weighted by molar-refractivity contribution is 6.33. The minimum atomic E-state index is 0.525. The second-order valence-electron chi connectivity index (χ2n) is 5.23. The molecule has 0 saturated carbocycles. The van der Waals surface area contributed by atoms with Gasteiger partial charge in [-0.1, -0.05) is 11.6 Å². The number of fused-ring (bicyclic) bond motifs is 3. The first-order chi connectivity index (χ1) is 8.76. The van der Waals surface area contributed by atoms with Gasteiger partial charge in [0.25, 0.3) is 0 Å². The van der Waals surface area contributed by atoms with Crippen molar-refractivity contribution in [3.63, 3.8) is 0 Å². The Bertz CT molecular complexity index is 430. The smallest absolute Gasteiger partial charge is 0.121 e. The van der Waals surface area contributed by atoms with Crippen LogP contribution in [-0.4, -0.2) is 37.7 Å². The van der Waals surface area contributed by atoms with Gasteiger partial charge in [-0.3, -0.25) is 0 Å². The van der Waals surface area contributed by atoms with E-state index in [2.05, 4.69) is 10.2 Å². The maximum atomic E-state index is 6.24. The van der Waals surface area contributed by atoms with Crippen LogP contribution in [0.2, 0.25) is 5.02 Å². The van der Waals surface area contributed by atoms with Gasteiger partial charge in [0.1, 0.15) is 5.75 Å². The molecule has 4 rings (SSSR count). The summed E-state index contributed by atoms with van der Waals surface area (Å²) in [4.78, 5) is 2.53. The molecule has 0 radical (unpaired) electrons. The van der Waals surface area contributed by atoms with Crippen molar-refractivity contribution in [3.8, 4) is 5.75 Å². The number of benzene rings is 1. The molecule has 0 amide bonds. The molecule has 4 heteroatoms. The number of halogens is 1. The van der Waals surface area contributed by atoms with Gasteiger partial charge in [0.2, 0.25) is 0 Å². The van der Waals surface area contributed by atoms with Crippen molar-refractivity contribution >= 4 is 17.3 Å². The first-order valence-electron chi connectivity index (χ1n) is 6.58. The monoisotopic (exact) mass is 266 g/mol. The lowest BCUT2D eigenvalue weighted by Gasteiger charge is -2.45. The number of nitrogens with zero attached hydrogens (tertiary/aromatic N) is 1. The first-order valence-corrected chi connectivity index (χ1v) is 6.96. The fourth-order valence-corrected chi connectivity index (χ4v) is 3.24. The number of piperidine rings is 3. The molecule has 18 heavy (non-hydrogen) atoms. The van der Waals surface area contributed by atoms with E-state index in [1.807, 2.05) is 18.2 Å². The molecule has 3 aliphatic rings. The van der Waals surface area contributed by atoms with Crippen molar-refractivity contribution in [1.82, 2.24) is 4.90 Å². The fraction of sp³-hybridized carbons (Fsp3) is 0.571. The molecule has 0 aromatic heterocycles. The standard InChI is InChI=1S/C14H19ClN2O/c1-18-11-2-3-12(15)13(8-11)16-14-9-17-6-4-10(14)5-7-17/h2-3,8,10,14,16H,4-7,9H2,1H3. The lowest BCUT2D eigenvalue weighted by atomic mass is 9.84. The Hall–Kier alpha value is -0.930. The highest BCUT2D eigenvalue weighted by atomic mass is 35.5. The van der Waals surface area contributed by atoms with Crippen LogP contribution in [0.3, 0.4) is 0 Å². The summed E-state index contributed by atoms with van der Waals surface area (Å²) in [6.07, 6.45) is 2.61. The molecule has 0 aliphatic carbocycles. The van der Waals surface area contributed by atoms with Crippen LogP contribution in [0.15, 0.2) is 18.2 Å². The van der Waals surface area contributed by atoms with Crippen LogP contribution in [-0.2, 0) is 0 Å². The molecule has 1 N–H and O–H groups in total. The first kappa shape index (κ1) is 12.1. The molecule has 3 nitrogen and oxygen atoms in total. The van der Waals surface area contributed by atoms with Gasteiger partial charge in [-0.2, -0.15) is 0 Å². The molecule has 98 valence electrons. The quantitative estimate of drug-likeness (QED) is 0.911. The molecule has 2 bridgehead atoms. The zero-order valence-corrected chi connectivity index (χ0v) is 11.4. The Morgan fingerprint density at radius 3 is 2.72 bits per heavy atom. The van der Waals surface area contributed by atoms with Crippen molar-refractivity contribution in [2.45, 2.75) is 18.9 Å². The van der Waals surface area contributed by atoms with Crippen LogP contribution in [0.4, 0.5) is 5.69 Å². The maximum Gasteiger partial charge on any atom is 0.121 e. The zero-order chi connectivity index (χ0) is 12.5. The largest absolute Gasteiger partial charge is 0.497 e. The summed E-state index contributed by atoms with van der Waals surface area (Å²) in [7, 11) is 1.68. The summed E-state index contributed by atoms with van der Waals surface area (Å²) in [5, 5.41) is 4.37. The predicted molar refractivity (Wildman–Crippen MR) is 74.6 cm³/mol. The number of hydrogen-bond donors (Lipinski definition) is 1. The second-order valence-corrected chi connectivity index (χ2v) is 5.64. The minimum Gasteiger partial charge on any atom is -0.497 e. The summed E-state index contributed by atoms with van der Waals surface area (Å²) in [6, 6.07) is 6.30. The van der Waals surface area contributed by atoms with Gasteiger partial charge < -0.3 is 15.0 Å². The Morgan fingerprint density at radius 2 is 2.11 bits per heavy atom. The van der Waals surface area contributed by atoms with Gasteiger partial charge >= 0.3 is 0 Å². The van der Waals surface area contributed by atoms with Crippen LogP contribution in [0.1, 0.15) is 12.8 Å². The fourth-order valence-electron chi connectivity index (χ4n) is 3.07. The molecule has 1 aromatic rings. The van der Waals surface area contributed by atoms with E-state index in [0.29, 0.717) is 6.04 Å². The van der Waals surface area contributed by atoms with Gasteiger partial charge in [-0.25, -0.2) is 0 Å². The Labute approximate surface area is 113 Å². The van der Waals surface area contributed by atoms with E-state index in [4.69, 9.17) is 16.3 Å². The molecule has 1 unspecified atom stereocenters. The van der Waals surface area contributed by atoms with Crippen LogP contribution in [0.25, 0.3) is 0 Å². The Kier molecular flexibility index (Phi) is 3.35. The lowest BCUT2D eigenvalue weighted by molar-refractivity contribution is 0.0975. The van der Waals surface area contributed by atoms with Crippen molar-refractivity contribution < 1.29 is 4.74 Å². The van der Waals surface area contributed by atoms with Gasteiger partial charge in [-0.15, -0.1) is 0 Å². The van der Waals surface area contributed by atoms with E-state index in [1.54, 1.807) is 7.11 Å². The van der Waals surface area contributed by atoms with Gasteiger partial charge in [0.05, 0.1) is 17.8 Å². The van der Waals surface area contributed by atoms with Crippen LogP contribution < -0.4 is 10.1 Å². The normalized spacial score (nSPS) is 30.2. The average molecular weight is 267 g/mol. The van der Waals surface area contributed by atoms with E-state index >= 15 is 0 Å². The average Bonchev–Trinajstić information content (AvgIpc) is 2.43. The van der Waals surface area contributed by atoms with Gasteiger partial charge in [0, 0.05) is 18.7 Å². The van der Waals surface area contributed by atoms with Crippen LogP contribution in [0.5, 0.6) is 5.75 Å². The van der Waals surface area contributed by atoms with E-state index in [0.717, 1.165) is 28.9 Å². The van der Waals surface area contributed by atoms with Crippen molar-refractivity contribution in [2.24, 2.45) is 5.92 Å². The molecule has 3 heterocycles. The van der Waals surface area contributed by atoms with Crippen molar-refractivity contribution in [1.29, 1.82) is 0 Å². The van der Waals surface area contributed by atoms with E-state index < -0.39 is 0 Å². The minimum absolute atomic E-state index is 0.525. The highest BCUT2D eigenvalue weighted by Gasteiger charge is 2.34. The Balaban J connectivity index is 1.76. The number of nitrogens with one attached hydrogen (secondary N) is 1. The molecule has 0 spiro atoms. The number of methoxy groups -OCH3 is 1. The number of ether oxygens (including phenoxy) is 1. The molecule has 1 atom stereocenters. The maximum absolute atomic E-state index is 6.24. The van der Waals surface area contributed by atoms with Gasteiger partial charge in [0.15, 0.2) is 0 Å². The summed E-state index contributed by atoms with van der Waals surface area (Å²) in [5.41, 5.74) is 0.995. The number of hydrogen-bond acceptors (Lipinski definition) is 3. The summed E-state index contributed by atoms with van der Waals surface area (Å²) in [6.45, 7) is 3.65. The molecule has 3 aliphatic heterocycles. The zero-order valence-electron chi connectivity index (χ0n) is 10.7. The third-order valence-electron chi connectivity index (χ3n) is 4.17. The number of rotatable bonds is 3. The Morgan fingerprint density at radius 1 is 1.33 bits per heavy atom. The highest BCUT2D eigenvalue weighted by Crippen LogP contribution is 2.33. The van der Waals surface area contributed by atoms with Gasteiger partial charge in [-0.05, 0) is 44.0 Å². The third kappa shape index (κ3) is 2.29. The van der Waals surface area contributed by atoms with Crippen molar-refractivity contribution in [2.75, 3.05) is 32.1 Å².